The Bertz CT molecular complexity index is 716. The van der Waals surface area contributed by atoms with Crippen LogP contribution in [0.3, 0.4) is 0 Å². The van der Waals surface area contributed by atoms with E-state index in [9.17, 15) is 4.79 Å². The van der Waals surface area contributed by atoms with E-state index in [0.717, 1.165) is 30.4 Å². The molecule has 0 radical (unpaired) electrons. The number of methoxy groups -OCH3 is 1. The molecule has 2 heterocycles. The molecule has 1 aliphatic heterocycles. The predicted molar refractivity (Wildman–Crippen MR) is 102 cm³/mol. The molecule has 2 aromatic rings. The van der Waals surface area contributed by atoms with E-state index < -0.39 is 0 Å². The number of piperidine rings is 1. The molecule has 0 spiro atoms. The summed E-state index contributed by atoms with van der Waals surface area (Å²) in [5.41, 5.74) is 1.78. The number of nitrogens with zero attached hydrogens (tertiary/aromatic N) is 2. The number of hydrogen-bond donors (Lipinski definition) is 1. The SMILES string of the molecule is COc1ccc(Br)c(C(=O)NCC2CCN(c3cccnc3)CC2)c1. The highest BCUT2D eigenvalue weighted by Gasteiger charge is 2.20. The highest BCUT2D eigenvalue weighted by molar-refractivity contribution is 9.10. The molecule has 1 amide bonds. The second-order valence-corrected chi connectivity index (χ2v) is 7.05. The number of hydrogen-bond acceptors (Lipinski definition) is 4. The van der Waals surface area contributed by atoms with Gasteiger partial charge in [-0.1, -0.05) is 0 Å². The van der Waals surface area contributed by atoms with Crippen LogP contribution in [0.4, 0.5) is 5.69 Å². The number of anilines is 1. The number of halogens is 1. The van der Waals surface area contributed by atoms with Crippen molar-refractivity contribution in [3.63, 3.8) is 0 Å². The zero-order valence-corrected chi connectivity index (χ0v) is 15.8. The predicted octanol–water partition coefficient (Wildman–Crippen LogP) is 3.50. The minimum Gasteiger partial charge on any atom is -0.497 e. The topological polar surface area (TPSA) is 54.5 Å². The van der Waals surface area contributed by atoms with E-state index in [4.69, 9.17) is 4.74 Å². The van der Waals surface area contributed by atoms with Crippen LogP contribution in [0.5, 0.6) is 5.75 Å². The van der Waals surface area contributed by atoms with E-state index in [-0.39, 0.29) is 5.91 Å². The maximum Gasteiger partial charge on any atom is 0.252 e. The van der Waals surface area contributed by atoms with Crippen LogP contribution in [0.1, 0.15) is 23.2 Å². The van der Waals surface area contributed by atoms with Crippen molar-refractivity contribution >= 4 is 27.5 Å². The summed E-state index contributed by atoms with van der Waals surface area (Å²) in [5, 5.41) is 3.06. The molecule has 1 aromatic carbocycles. The molecule has 132 valence electrons. The molecule has 6 heteroatoms. The molecule has 25 heavy (non-hydrogen) atoms. The van der Waals surface area contributed by atoms with E-state index in [1.54, 1.807) is 19.4 Å². The normalized spacial score (nSPS) is 15.0. The number of carbonyl (C=O) groups is 1. The number of rotatable bonds is 5. The molecule has 1 saturated heterocycles. The van der Waals surface area contributed by atoms with Gasteiger partial charge in [-0.15, -0.1) is 0 Å². The van der Waals surface area contributed by atoms with Crippen molar-refractivity contribution in [2.45, 2.75) is 12.8 Å². The van der Waals surface area contributed by atoms with Crippen molar-refractivity contribution in [3.05, 3.63) is 52.8 Å². The standard InChI is InChI=1S/C19H22BrN3O2/c1-25-16-4-5-18(20)17(11-16)19(24)22-12-14-6-9-23(10-7-14)15-3-2-8-21-13-15/h2-5,8,11,13-14H,6-7,9-10,12H2,1H3,(H,22,24). The molecule has 0 atom stereocenters. The van der Waals surface area contributed by atoms with Gasteiger partial charge in [0.15, 0.2) is 0 Å². The lowest BCUT2D eigenvalue weighted by molar-refractivity contribution is 0.0944. The molecule has 3 rings (SSSR count). The molecular formula is C19H22BrN3O2. The van der Waals surface area contributed by atoms with Crippen LogP contribution >= 0.6 is 15.9 Å². The highest BCUT2D eigenvalue weighted by atomic mass is 79.9. The molecule has 0 unspecified atom stereocenters. The van der Waals surface area contributed by atoms with Gasteiger partial charge in [0.1, 0.15) is 5.75 Å². The first-order valence-corrected chi connectivity index (χ1v) is 9.23. The van der Waals surface area contributed by atoms with Crippen LogP contribution in [0.25, 0.3) is 0 Å². The van der Waals surface area contributed by atoms with Gasteiger partial charge in [0, 0.05) is 30.3 Å². The van der Waals surface area contributed by atoms with Gasteiger partial charge in [-0.3, -0.25) is 9.78 Å². The Hall–Kier alpha value is -2.08. The third-order valence-electron chi connectivity index (χ3n) is 4.60. The van der Waals surface area contributed by atoms with Gasteiger partial charge in [0.25, 0.3) is 5.91 Å². The molecule has 1 N–H and O–H groups in total. The molecule has 1 aliphatic rings. The number of pyridine rings is 1. The summed E-state index contributed by atoms with van der Waals surface area (Å²) in [5.74, 6) is 1.11. The Labute approximate surface area is 156 Å². The fourth-order valence-electron chi connectivity index (χ4n) is 3.07. The van der Waals surface area contributed by atoms with E-state index in [2.05, 4.69) is 37.2 Å². The second-order valence-electron chi connectivity index (χ2n) is 6.20. The molecule has 1 fully saturated rings. The van der Waals surface area contributed by atoms with Crippen LogP contribution in [0.15, 0.2) is 47.2 Å². The number of nitrogens with one attached hydrogen (secondary N) is 1. The summed E-state index contributed by atoms with van der Waals surface area (Å²) in [6.45, 7) is 2.69. The van der Waals surface area contributed by atoms with Gasteiger partial charge in [-0.05, 0) is 65.0 Å². The lowest BCUT2D eigenvalue weighted by Gasteiger charge is -2.33. The summed E-state index contributed by atoms with van der Waals surface area (Å²) in [4.78, 5) is 19.0. The maximum atomic E-state index is 12.4. The first-order chi connectivity index (χ1) is 12.2. The van der Waals surface area contributed by atoms with Crippen molar-refractivity contribution in [1.82, 2.24) is 10.3 Å². The minimum absolute atomic E-state index is 0.0690. The number of ether oxygens (including phenoxy) is 1. The first-order valence-electron chi connectivity index (χ1n) is 8.44. The van der Waals surface area contributed by atoms with Crippen molar-refractivity contribution in [1.29, 1.82) is 0 Å². The molecule has 0 saturated carbocycles. The lowest BCUT2D eigenvalue weighted by Crippen LogP contribution is -2.38. The molecule has 5 nitrogen and oxygen atoms in total. The van der Waals surface area contributed by atoms with Crippen LogP contribution < -0.4 is 15.0 Å². The molecular weight excluding hydrogens is 382 g/mol. The largest absolute Gasteiger partial charge is 0.497 e. The van der Waals surface area contributed by atoms with Gasteiger partial charge in [0.05, 0.1) is 24.6 Å². The minimum atomic E-state index is -0.0690. The zero-order valence-electron chi connectivity index (χ0n) is 14.2. The van der Waals surface area contributed by atoms with Crippen molar-refractivity contribution in [2.75, 3.05) is 31.6 Å². The zero-order chi connectivity index (χ0) is 17.6. The Morgan fingerprint density at radius 1 is 1.36 bits per heavy atom. The van der Waals surface area contributed by atoms with Gasteiger partial charge in [-0.25, -0.2) is 0 Å². The van der Waals surface area contributed by atoms with Crippen molar-refractivity contribution in [3.8, 4) is 5.75 Å². The monoisotopic (exact) mass is 403 g/mol. The summed E-state index contributed by atoms with van der Waals surface area (Å²) in [6.07, 6.45) is 5.83. The summed E-state index contributed by atoms with van der Waals surface area (Å²) < 4.78 is 5.97. The van der Waals surface area contributed by atoms with Crippen LogP contribution in [-0.4, -0.2) is 37.6 Å². The molecule has 0 bridgehead atoms. The maximum absolute atomic E-state index is 12.4. The average molecular weight is 404 g/mol. The third-order valence-corrected chi connectivity index (χ3v) is 5.29. The van der Waals surface area contributed by atoms with E-state index in [1.165, 1.54) is 5.69 Å². The lowest BCUT2D eigenvalue weighted by atomic mass is 9.96. The second kappa shape index (κ2) is 8.34. The fraction of sp³-hybridized carbons (Fsp3) is 0.368. The number of carbonyl (C=O) groups excluding carboxylic acids is 1. The highest BCUT2D eigenvalue weighted by Crippen LogP contribution is 2.24. The average Bonchev–Trinajstić information content (AvgIpc) is 2.67. The van der Waals surface area contributed by atoms with Crippen LogP contribution in [0.2, 0.25) is 0 Å². The van der Waals surface area contributed by atoms with E-state index in [0.29, 0.717) is 23.8 Å². The Morgan fingerprint density at radius 2 is 2.16 bits per heavy atom. The first kappa shape index (κ1) is 17.7. The van der Waals surface area contributed by atoms with Gasteiger partial charge in [-0.2, -0.15) is 0 Å². The summed E-state index contributed by atoms with van der Waals surface area (Å²) >= 11 is 3.43. The molecule has 1 aromatic heterocycles. The van der Waals surface area contributed by atoms with Crippen molar-refractivity contribution in [2.24, 2.45) is 5.92 Å². The summed E-state index contributed by atoms with van der Waals surface area (Å²) in [7, 11) is 1.60. The summed E-state index contributed by atoms with van der Waals surface area (Å²) in [6, 6.07) is 9.47. The smallest absolute Gasteiger partial charge is 0.252 e. The van der Waals surface area contributed by atoms with Crippen LogP contribution in [0, 0.1) is 5.92 Å². The van der Waals surface area contributed by atoms with Gasteiger partial charge in [0.2, 0.25) is 0 Å². The van der Waals surface area contributed by atoms with Crippen LogP contribution in [-0.2, 0) is 0 Å². The third kappa shape index (κ3) is 4.51. The molecule has 0 aliphatic carbocycles. The Kier molecular flexibility index (Phi) is 5.91. The quantitative estimate of drug-likeness (QED) is 0.829. The fourth-order valence-corrected chi connectivity index (χ4v) is 3.50. The number of amides is 1. The van der Waals surface area contributed by atoms with E-state index in [1.807, 2.05) is 24.4 Å². The van der Waals surface area contributed by atoms with Gasteiger partial charge >= 0.3 is 0 Å². The Balaban J connectivity index is 1.51. The van der Waals surface area contributed by atoms with Crippen molar-refractivity contribution < 1.29 is 9.53 Å². The van der Waals surface area contributed by atoms with Gasteiger partial charge < -0.3 is 15.0 Å². The number of benzene rings is 1. The number of aromatic nitrogens is 1. The Morgan fingerprint density at radius 3 is 2.84 bits per heavy atom. The van der Waals surface area contributed by atoms with E-state index >= 15 is 0 Å².